The second-order valence-electron chi connectivity index (χ2n) is 6.49. The van der Waals surface area contributed by atoms with Crippen LogP contribution in [0, 0.1) is 0 Å². The van der Waals surface area contributed by atoms with Crippen LogP contribution in [0.4, 0.5) is 0 Å². The Balaban J connectivity index is 1.80. The number of carbonyl (C=O) groups excluding carboxylic acids is 2. The van der Waals surface area contributed by atoms with Gasteiger partial charge in [0.25, 0.3) is 5.56 Å². The van der Waals surface area contributed by atoms with E-state index in [0.717, 1.165) is 35.0 Å². The Labute approximate surface area is 165 Å². The number of allylic oxidation sites excluding steroid dienone is 1. The fraction of sp³-hybridized carbons (Fsp3) is 0.444. The Bertz CT molecular complexity index is 962. The summed E-state index contributed by atoms with van der Waals surface area (Å²) >= 11 is 2.78. The normalized spacial score (nSPS) is 12.8. The van der Waals surface area contributed by atoms with Crippen molar-refractivity contribution in [3.05, 3.63) is 33.4 Å². The van der Waals surface area contributed by atoms with Crippen molar-refractivity contribution < 1.29 is 9.59 Å². The minimum absolute atomic E-state index is 0.0457. The highest BCUT2D eigenvalue weighted by atomic mass is 32.2. The third kappa shape index (κ3) is 4.08. The molecule has 0 aliphatic heterocycles. The van der Waals surface area contributed by atoms with Crippen molar-refractivity contribution in [2.75, 3.05) is 26.4 Å². The highest BCUT2D eigenvalue weighted by molar-refractivity contribution is 7.99. The summed E-state index contributed by atoms with van der Waals surface area (Å²) in [6.07, 6.45) is 4.67. The molecule has 1 aliphatic rings. The summed E-state index contributed by atoms with van der Waals surface area (Å²) in [4.78, 5) is 44.7. The molecule has 144 valence electrons. The van der Waals surface area contributed by atoms with E-state index in [4.69, 9.17) is 0 Å². The van der Waals surface area contributed by atoms with Crippen molar-refractivity contribution in [3.8, 4) is 0 Å². The Kier molecular flexibility index (Phi) is 6.01. The fourth-order valence-corrected chi connectivity index (χ4v) is 5.11. The first-order chi connectivity index (χ1) is 12.9. The van der Waals surface area contributed by atoms with Crippen molar-refractivity contribution in [2.45, 2.75) is 31.0 Å². The number of fused-ring (bicyclic) bond motifs is 3. The fourth-order valence-electron chi connectivity index (χ4n) is 2.97. The van der Waals surface area contributed by atoms with Crippen LogP contribution in [0.25, 0.3) is 10.2 Å². The predicted octanol–water partition coefficient (Wildman–Crippen LogP) is 1.43. The van der Waals surface area contributed by atoms with Crippen LogP contribution in [0.15, 0.2) is 22.6 Å². The number of hydrogen-bond donors (Lipinski definition) is 1. The number of likely N-dealkylation sites (N-methyl/N-ethyl adjacent to an activating group) is 1. The molecule has 7 nitrogen and oxygen atoms in total. The maximum atomic E-state index is 13.0. The molecule has 27 heavy (non-hydrogen) atoms. The molecule has 0 unspecified atom stereocenters. The molecule has 2 aromatic rings. The number of thiophene rings is 1. The van der Waals surface area contributed by atoms with Gasteiger partial charge in [-0.2, -0.15) is 0 Å². The minimum Gasteiger partial charge on any atom is -0.347 e. The van der Waals surface area contributed by atoms with Gasteiger partial charge in [0.2, 0.25) is 11.8 Å². The first-order valence-corrected chi connectivity index (χ1v) is 10.5. The Morgan fingerprint density at radius 3 is 2.89 bits per heavy atom. The maximum absolute atomic E-state index is 13.0. The largest absolute Gasteiger partial charge is 0.347 e. The molecule has 2 heterocycles. The van der Waals surface area contributed by atoms with E-state index in [9.17, 15) is 14.4 Å². The molecule has 3 rings (SSSR count). The minimum atomic E-state index is -0.275. The standard InChI is InChI=1S/C18H22N4O3S2/c1-4-8-22-17(25)15-11-6-5-7-12(11)27-16(15)20-18(22)26-10-13(23)19-9-14(24)21(2)3/h4H,1,5-10H2,2-3H3,(H,19,23). The molecule has 0 saturated heterocycles. The van der Waals surface area contributed by atoms with Gasteiger partial charge in [0.1, 0.15) is 4.83 Å². The van der Waals surface area contributed by atoms with Crippen LogP contribution in [0.3, 0.4) is 0 Å². The zero-order valence-corrected chi connectivity index (χ0v) is 17.0. The summed E-state index contributed by atoms with van der Waals surface area (Å²) in [5.74, 6) is -0.367. The Hall–Kier alpha value is -2.13. The second kappa shape index (κ2) is 8.26. The van der Waals surface area contributed by atoms with E-state index >= 15 is 0 Å². The number of aryl methyl sites for hydroxylation is 2. The van der Waals surface area contributed by atoms with E-state index in [1.54, 1.807) is 36.1 Å². The molecule has 9 heteroatoms. The molecule has 0 radical (unpaired) electrons. The number of aromatic nitrogens is 2. The van der Waals surface area contributed by atoms with Gasteiger partial charge >= 0.3 is 0 Å². The summed E-state index contributed by atoms with van der Waals surface area (Å²) in [5, 5.41) is 3.81. The summed E-state index contributed by atoms with van der Waals surface area (Å²) < 4.78 is 1.57. The Morgan fingerprint density at radius 2 is 2.19 bits per heavy atom. The van der Waals surface area contributed by atoms with Gasteiger partial charge in [0.15, 0.2) is 5.16 Å². The van der Waals surface area contributed by atoms with Gasteiger partial charge in [-0.15, -0.1) is 17.9 Å². The van der Waals surface area contributed by atoms with E-state index in [1.165, 1.54) is 21.5 Å². The van der Waals surface area contributed by atoms with E-state index in [0.29, 0.717) is 11.7 Å². The molecule has 2 aromatic heterocycles. The third-order valence-corrected chi connectivity index (χ3v) is 6.53. The molecule has 0 spiro atoms. The molecular formula is C18H22N4O3S2. The molecule has 0 aromatic carbocycles. The summed E-state index contributed by atoms with van der Waals surface area (Å²) in [6.45, 7) is 4.02. The average Bonchev–Trinajstić information content (AvgIpc) is 3.21. The van der Waals surface area contributed by atoms with Crippen LogP contribution >= 0.6 is 23.1 Å². The van der Waals surface area contributed by atoms with Crippen LogP contribution in [0.2, 0.25) is 0 Å². The first kappa shape index (κ1) is 19.6. The molecule has 2 amide bonds. The number of rotatable bonds is 7. The highest BCUT2D eigenvalue weighted by Crippen LogP contribution is 2.35. The lowest BCUT2D eigenvalue weighted by Crippen LogP contribution is -2.37. The van der Waals surface area contributed by atoms with Gasteiger partial charge in [-0.05, 0) is 24.8 Å². The van der Waals surface area contributed by atoms with E-state index < -0.39 is 0 Å². The van der Waals surface area contributed by atoms with Gasteiger partial charge < -0.3 is 10.2 Å². The average molecular weight is 407 g/mol. The molecule has 0 atom stereocenters. The zero-order valence-electron chi connectivity index (χ0n) is 15.4. The van der Waals surface area contributed by atoms with Crippen molar-refractivity contribution >= 4 is 45.1 Å². The van der Waals surface area contributed by atoms with Crippen molar-refractivity contribution in [1.29, 1.82) is 0 Å². The molecule has 1 N–H and O–H groups in total. The van der Waals surface area contributed by atoms with Crippen LogP contribution in [-0.2, 0) is 29.0 Å². The van der Waals surface area contributed by atoms with Crippen LogP contribution < -0.4 is 10.9 Å². The number of carbonyl (C=O) groups is 2. The van der Waals surface area contributed by atoms with Crippen molar-refractivity contribution in [2.24, 2.45) is 0 Å². The monoisotopic (exact) mass is 406 g/mol. The van der Waals surface area contributed by atoms with Gasteiger partial charge in [-0.3, -0.25) is 19.0 Å². The maximum Gasteiger partial charge on any atom is 0.263 e. The first-order valence-electron chi connectivity index (χ1n) is 8.68. The van der Waals surface area contributed by atoms with Gasteiger partial charge in [-0.25, -0.2) is 4.98 Å². The van der Waals surface area contributed by atoms with Gasteiger partial charge in [0.05, 0.1) is 17.7 Å². The quantitative estimate of drug-likeness (QED) is 0.427. The van der Waals surface area contributed by atoms with Crippen LogP contribution in [0.1, 0.15) is 16.9 Å². The number of nitrogens with one attached hydrogen (secondary N) is 1. The number of nitrogens with zero attached hydrogens (tertiary/aromatic N) is 3. The number of amides is 2. The summed E-state index contributed by atoms with van der Waals surface area (Å²) in [6, 6.07) is 0. The molecule has 0 saturated carbocycles. The SMILES string of the molecule is C=CCn1c(SCC(=O)NCC(=O)N(C)C)nc2sc3c(c2c1=O)CCC3. The van der Waals surface area contributed by atoms with Crippen LogP contribution in [-0.4, -0.2) is 52.7 Å². The van der Waals surface area contributed by atoms with Crippen LogP contribution in [0.5, 0.6) is 0 Å². The van der Waals surface area contributed by atoms with Crippen molar-refractivity contribution in [1.82, 2.24) is 19.8 Å². The van der Waals surface area contributed by atoms with E-state index in [-0.39, 0.29) is 29.7 Å². The molecule has 1 aliphatic carbocycles. The lowest BCUT2D eigenvalue weighted by molar-refractivity contribution is -0.130. The predicted molar refractivity (Wildman–Crippen MR) is 109 cm³/mol. The topological polar surface area (TPSA) is 84.3 Å². The molecule has 0 bridgehead atoms. The zero-order chi connectivity index (χ0) is 19.6. The summed E-state index contributed by atoms with van der Waals surface area (Å²) in [7, 11) is 3.27. The highest BCUT2D eigenvalue weighted by Gasteiger charge is 2.23. The van der Waals surface area contributed by atoms with Gasteiger partial charge in [-0.1, -0.05) is 17.8 Å². The molecular weight excluding hydrogens is 384 g/mol. The summed E-state index contributed by atoms with van der Waals surface area (Å²) in [5.41, 5.74) is 1.08. The van der Waals surface area contributed by atoms with Gasteiger partial charge in [0, 0.05) is 25.5 Å². The smallest absolute Gasteiger partial charge is 0.263 e. The van der Waals surface area contributed by atoms with E-state index in [2.05, 4.69) is 16.9 Å². The lowest BCUT2D eigenvalue weighted by atomic mass is 10.2. The Morgan fingerprint density at radius 1 is 1.41 bits per heavy atom. The van der Waals surface area contributed by atoms with E-state index in [1.807, 2.05) is 0 Å². The molecule has 0 fully saturated rings. The third-order valence-electron chi connectivity index (χ3n) is 4.37. The number of thioether (sulfide) groups is 1. The second-order valence-corrected chi connectivity index (χ2v) is 8.52. The van der Waals surface area contributed by atoms with Crippen molar-refractivity contribution in [3.63, 3.8) is 0 Å². The number of hydrogen-bond acceptors (Lipinski definition) is 6. The lowest BCUT2D eigenvalue weighted by Gasteiger charge is -2.12.